The van der Waals surface area contributed by atoms with Crippen LogP contribution in [0.1, 0.15) is 36.0 Å². The monoisotopic (exact) mass is 312 g/mol. The zero-order valence-electron chi connectivity index (χ0n) is 10.8. The molecule has 0 bridgehead atoms. The van der Waals surface area contributed by atoms with Gasteiger partial charge in [0.05, 0.1) is 17.0 Å². The highest BCUT2D eigenvalue weighted by Gasteiger charge is 2.49. The molecule has 0 amide bonds. The molecule has 3 nitrogen and oxygen atoms in total. The summed E-state index contributed by atoms with van der Waals surface area (Å²) in [5.74, 6) is -0.0761. The highest BCUT2D eigenvalue weighted by molar-refractivity contribution is 9.10. The highest BCUT2D eigenvalue weighted by Crippen LogP contribution is 2.51. The van der Waals surface area contributed by atoms with Gasteiger partial charge in [-0.2, -0.15) is 0 Å². The molecule has 0 atom stereocenters. The minimum atomic E-state index is -0.760. The highest BCUT2D eigenvalue weighted by atomic mass is 79.9. The Bertz CT molecular complexity index is 504. The van der Waals surface area contributed by atoms with E-state index >= 15 is 0 Å². The van der Waals surface area contributed by atoms with Gasteiger partial charge in [-0.1, -0.05) is 6.42 Å². The Kier molecular flexibility index (Phi) is 3.41. The van der Waals surface area contributed by atoms with Crippen molar-refractivity contribution in [2.24, 2.45) is 0 Å². The SMILES string of the molecule is COc1c(Br)cc(C)c(C)c1C1(C(=O)O)CCC1. The number of rotatable bonds is 3. The fourth-order valence-electron chi connectivity index (χ4n) is 2.73. The van der Waals surface area contributed by atoms with E-state index < -0.39 is 11.4 Å². The van der Waals surface area contributed by atoms with Gasteiger partial charge in [-0.3, -0.25) is 4.79 Å². The predicted molar refractivity (Wildman–Crippen MR) is 73.3 cm³/mol. The number of aryl methyl sites for hydroxylation is 1. The third-order valence-corrected chi connectivity index (χ3v) is 4.64. The van der Waals surface area contributed by atoms with Crippen LogP contribution in [0.3, 0.4) is 0 Å². The van der Waals surface area contributed by atoms with Gasteiger partial charge in [0, 0.05) is 5.56 Å². The number of halogens is 1. The van der Waals surface area contributed by atoms with Crippen LogP contribution in [-0.2, 0) is 10.2 Å². The predicted octanol–water partition coefficient (Wildman–Crippen LogP) is 3.58. The molecule has 2 rings (SSSR count). The summed E-state index contributed by atoms with van der Waals surface area (Å²) in [6.07, 6.45) is 2.34. The molecular weight excluding hydrogens is 296 g/mol. The van der Waals surface area contributed by atoms with E-state index in [2.05, 4.69) is 15.9 Å². The molecule has 0 aliphatic heterocycles. The topological polar surface area (TPSA) is 46.5 Å². The number of benzene rings is 1. The molecule has 1 N–H and O–H groups in total. The molecule has 1 aromatic rings. The van der Waals surface area contributed by atoms with E-state index in [9.17, 15) is 9.90 Å². The van der Waals surface area contributed by atoms with Gasteiger partial charge in [0.2, 0.25) is 0 Å². The minimum absolute atomic E-state index is 0.667. The summed E-state index contributed by atoms with van der Waals surface area (Å²) in [5.41, 5.74) is 2.20. The fraction of sp³-hybridized carbons (Fsp3) is 0.500. The molecule has 0 unspecified atom stereocenters. The zero-order valence-corrected chi connectivity index (χ0v) is 12.4. The minimum Gasteiger partial charge on any atom is -0.495 e. The third-order valence-electron chi connectivity index (χ3n) is 4.05. The van der Waals surface area contributed by atoms with Crippen LogP contribution in [0.4, 0.5) is 0 Å². The lowest BCUT2D eigenvalue weighted by Gasteiger charge is -2.40. The summed E-state index contributed by atoms with van der Waals surface area (Å²) in [7, 11) is 1.59. The zero-order chi connectivity index (χ0) is 13.5. The van der Waals surface area contributed by atoms with E-state index in [1.165, 1.54) is 0 Å². The Morgan fingerprint density at radius 1 is 1.44 bits per heavy atom. The number of carboxylic acids is 1. The fourth-order valence-corrected chi connectivity index (χ4v) is 3.43. The molecule has 1 fully saturated rings. The summed E-state index contributed by atoms with van der Waals surface area (Å²) in [5, 5.41) is 9.59. The molecule has 18 heavy (non-hydrogen) atoms. The first-order chi connectivity index (χ1) is 8.44. The molecule has 1 aliphatic carbocycles. The van der Waals surface area contributed by atoms with Crippen LogP contribution in [-0.4, -0.2) is 18.2 Å². The molecule has 1 saturated carbocycles. The Morgan fingerprint density at radius 2 is 2.06 bits per heavy atom. The quantitative estimate of drug-likeness (QED) is 0.928. The molecule has 0 saturated heterocycles. The molecule has 1 aliphatic rings. The van der Waals surface area contributed by atoms with Crippen molar-refractivity contribution in [3.05, 3.63) is 27.2 Å². The van der Waals surface area contributed by atoms with Crippen LogP contribution in [0.2, 0.25) is 0 Å². The van der Waals surface area contributed by atoms with Crippen molar-refractivity contribution in [1.82, 2.24) is 0 Å². The first-order valence-corrected chi connectivity index (χ1v) is 6.81. The second-order valence-electron chi connectivity index (χ2n) is 4.95. The van der Waals surface area contributed by atoms with Gasteiger partial charge < -0.3 is 9.84 Å². The average Bonchev–Trinajstić information content (AvgIpc) is 2.23. The second-order valence-corrected chi connectivity index (χ2v) is 5.80. The van der Waals surface area contributed by atoms with Gasteiger partial charge in [-0.25, -0.2) is 0 Å². The normalized spacial score (nSPS) is 17.1. The maximum atomic E-state index is 11.7. The number of hydrogen-bond donors (Lipinski definition) is 1. The van der Waals surface area contributed by atoms with Crippen LogP contribution in [0.25, 0.3) is 0 Å². The van der Waals surface area contributed by atoms with Gasteiger partial charge in [-0.05, 0) is 59.8 Å². The van der Waals surface area contributed by atoms with Gasteiger partial charge in [0.25, 0.3) is 0 Å². The van der Waals surface area contributed by atoms with Crippen molar-refractivity contribution in [1.29, 1.82) is 0 Å². The molecule has 0 spiro atoms. The molecule has 0 radical (unpaired) electrons. The van der Waals surface area contributed by atoms with Gasteiger partial charge in [0.1, 0.15) is 5.75 Å². The van der Waals surface area contributed by atoms with E-state index in [-0.39, 0.29) is 0 Å². The van der Waals surface area contributed by atoms with Crippen molar-refractivity contribution < 1.29 is 14.6 Å². The van der Waals surface area contributed by atoms with Crippen LogP contribution in [0.5, 0.6) is 5.75 Å². The Morgan fingerprint density at radius 3 is 2.44 bits per heavy atom. The smallest absolute Gasteiger partial charge is 0.314 e. The van der Waals surface area contributed by atoms with Crippen molar-refractivity contribution >= 4 is 21.9 Å². The summed E-state index contributed by atoms with van der Waals surface area (Å²) >= 11 is 3.47. The molecule has 4 heteroatoms. The summed E-state index contributed by atoms with van der Waals surface area (Å²) in [6.45, 7) is 3.97. The molecule has 98 valence electrons. The number of hydrogen-bond acceptors (Lipinski definition) is 2. The largest absolute Gasteiger partial charge is 0.495 e. The molecule has 1 aromatic carbocycles. The standard InChI is InChI=1S/C14H17BrO3/c1-8-7-10(15)12(18-3)11(9(8)2)14(13(16)17)5-4-6-14/h7H,4-6H2,1-3H3,(H,16,17). The van der Waals surface area contributed by atoms with Crippen LogP contribution < -0.4 is 4.74 Å². The first kappa shape index (κ1) is 13.4. The summed E-state index contributed by atoms with van der Waals surface area (Å²) < 4.78 is 6.26. The van der Waals surface area contributed by atoms with Crippen molar-refractivity contribution in [2.75, 3.05) is 7.11 Å². The van der Waals surface area contributed by atoms with Crippen LogP contribution in [0, 0.1) is 13.8 Å². The van der Waals surface area contributed by atoms with Gasteiger partial charge >= 0.3 is 5.97 Å². The van der Waals surface area contributed by atoms with Gasteiger partial charge in [-0.15, -0.1) is 0 Å². The Balaban J connectivity index is 2.72. The van der Waals surface area contributed by atoms with E-state index in [1.54, 1.807) is 7.11 Å². The second kappa shape index (κ2) is 4.57. The van der Waals surface area contributed by atoms with Crippen LogP contribution >= 0.6 is 15.9 Å². The molecule has 0 aromatic heterocycles. The Hall–Kier alpha value is -1.03. The van der Waals surface area contributed by atoms with Crippen LogP contribution in [0.15, 0.2) is 10.5 Å². The number of ether oxygens (including phenoxy) is 1. The van der Waals surface area contributed by atoms with E-state index in [0.29, 0.717) is 18.6 Å². The lowest BCUT2D eigenvalue weighted by molar-refractivity contribution is -0.147. The summed E-state index contributed by atoms with van der Waals surface area (Å²) in [6, 6.07) is 1.98. The average molecular weight is 313 g/mol. The first-order valence-electron chi connectivity index (χ1n) is 6.01. The number of aliphatic carboxylic acids is 1. The summed E-state index contributed by atoms with van der Waals surface area (Å²) in [4.78, 5) is 11.7. The number of methoxy groups -OCH3 is 1. The molecular formula is C14H17BrO3. The van der Waals surface area contributed by atoms with E-state index in [4.69, 9.17) is 4.74 Å². The number of carboxylic acid groups (broad SMARTS) is 1. The Labute approximate surface area is 115 Å². The van der Waals surface area contributed by atoms with E-state index in [1.807, 2.05) is 19.9 Å². The number of carbonyl (C=O) groups is 1. The van der Waals surface area contributed by atoms with Crippen molar-refractivity contribution in [3.63, 3.8) is 0 Å². The lowest BCUT2D eigenvalue weighted by Crippen LogP contribution is -2.43. The third kappa shape index (κ3) is 1.74. The molecule has 0 heterocycles. The maximum absolute atomic E-state index is 11.7. The van der Waals surface area contributed by atoms with Crippen molar-refractivity contribution in [2.45, 2.75) is 38.5 Å². The van der Waals surface area contributed by atoms with Crippen molar-refractivity contribution in [3.8, 4) is 5.75 Å². The van der Waals surface area contributed by atoms with Gasteiger partial charge in [0.15, 0.2) is 0 Å². The van der Waals surface area contributed by atoms with E-state index in [0.717, 1.165) is 27.6 Å². The maximum Gasteiger partial charge on any atom is 0.314 e. The lowest BCUT2D eigenvalue weighted by atomic mass is 9.63.